The fourth-order valence-corrected chi connectivity index (χ4v) is 3.74. The van der Waals surface area contributed by atoms with Gasteiger partial charge in [0.15, 0.2) is 0 Å². The van der Waals surface area contributed by atoms with Crippen molar-refractivity contribution in [1.29, 1.82) is 0 Å². The lowest BCUT2D eigenvalue weighted by Crippen LogP contribution is -2.24. The zero-order chi connectivity index (χ0) is 17.4. The van der Waals surface area contributed by atoms with E-state index in [0.717, 1.165) is 47.7 Å². The second kappa shape index (κ2) is 6.44. The van der Waals surface area contributed by atoms with Gasteiger partial charge in [0.25, 0.3) is 0 Å². The molecule has 1 saturated heterocycles. The van der Waals surface area contributed by atoms with Crippen molar-refractivity contribution in [2.75, 3.05) is 24.5 Å². The van der Waals surface area contributed by atoms with Crippen LogP contribution in [-0.2, 0) is 6.42 Å². The SMILES string of the molecule is Cc1cc(C)n(C2CCN(c3nc(CCN)nc4ccccc34)C2)n1. The Morgan fingerprint density at radius 2 is 2.04 bits per heavy atom. The molecule has 0 spiro atoms. The van der Waals surface area contributed by atoms with Crippen molar-refractivity contribution in [2.24, 2.45) is 5.73 Å². The van der Waals surface area contributed by atoms with Crippen molar-refractivity contribution in [3.05, 3.63) is 47.5 Å². The summed E-state index contributed by atoms with van der Waals surface area (Å²) in [6.45, 7) is 6.64. The third kappa shape index (κ3) is 2.98. The van der Waals surface area contributed by atoms with Gasteiger partial charge in [0.05, 0.1) is 17.3 Å². The number of fused-ring (bicyclic) bond motifs is 1. The summed E-state index contributed by atoms with van der Waals surface area (Å²) in [7, 11) is 0. The second-order valence-electron chi connectivity index (χ2n) is 6.78. The lowest BCUT2D eigenvalue weighted by molar-refractivity contribution is 0.481. The maximum Gasteiger partial charge on any atom is 0.140 e. The van der Waals surface area contributed by atoms with E-state index < -0.39 is 0 Å². The number of anilines is 1. The second-order valence-corrected chi connectivity index (χ2v) is 6.78. The van der Waals surface area contributed by atoms with Crippen LogP contribution in [0, 0.1) is 13.8 Å². The molecule has 3 heterocycles. The molecule has 2 N–H and O–H groups in total. The first-order valence-corrected chi connectivity index (χ1v) is 8.89. The predicted molar refractivity (Wildman–Crippen MR) is 99.9 cm³/mol. The average molecular weight is 336 g/mol. The van der Waals surface area contributed by atoms with Gasteiger partial charge in [0, 0.05) is 30.6 Å². The Morgan fingerprint density at radius 1 is 1.20 bits per heavy atom. The van der Waals surface area contributed by atoms with E-state index in [1.54, 1.807) is 0 Å². The number of hydrogen-bond donors (Lipinski definition) is 1. The zero-order valence-electron chi connectivity index (χ0n) is 14.8. The minimum absolute atomic E-state index is 0.389. The van der Waals surface area contributed by atoms with Crippen molar-refractivity contribution < 1.29 is 0 Å². The molecule has 0 aliphatic carbocycles. The number of aromatic nitrogens is 4. The maximum atomic E-state index is 5.72. The fourth-order valence-electron chi connectivity index (χ4n) is 3.74. The quantitative estimate of drug-likeness (QED) is 0.792. The van der Waals surface area contributed by atoms with Crippen molar-refractivity contribution in [2.45, 2.75) is 32.7 Å². The first-order valence-electron chi connectivity index (χ1n) is 8.89. The molecule has 1 aromatic carbocycles. The number of benzene rings is 1. The minimum Gasteiger partial charge on any atom is -0.354 e. The number of nitrogens with zero attached hydrogens (tertiary/aromatic N) is 5. The van der Waals surface area contributed by atoms with E-state index in [1.807, 2.05) is 19.1 Å². The van der Waals surface area contributed by atoms with Crippen LogP contribution in [-0.4, -0.2) is 39.4 Å². The van der Waals surface area contributed by atoms with Crippen LogP contribution in [0.5, 0.6) is 0 Å². The van der Waals surface area contributed by atoms with E-state index in [1.165, 1.54) is 5.69 Å². The summed E-state index contributed by atoms with van der Waals surface area (Å²) < 4.78 is 2.17. The zero-order valence-corrected chi connectivity index (χ0v) is 14.8. The van der Waals surface area contributed by atoms with Gasteiger partial charge in [0.1, 0.15) is 11.6 Å². The van der Waals surface area contributed by atoms with Gasteiger partial charge in [-0.2, -0.15) is 5.10 Å². The monoisotopic (exact) mass is 336 g/mol. The van der Waals surface area contributed by atoms with Crippen LogP contribution < -0.4 is 10.6 Å². The molecule has 1 unspecified atom stereocenters. The van der Waals surface area contributed by atoms with E-state index >= 15 is 0 Å². The molecule has 6 nitrogen and oxygen atoms in total. The van der Waals surface area contributed by atoms with Gasteiger partial charge >= 0.3 is 0 Å². The summed E-state index contributed by atoms with van der Waals surface area (Å²) in [4.78, 5) is 11.9. The van der Waals surface area contributed by atoms with Crippen molar-refractivity contribution in [1.82, 2.24) is 19.7 Å². The van der Waals surface area contributed by atoms with Gasteiger partial charge in [-0.15, -0.1) is 0 Å². The van der Waals surface area contributed by atoms with Crippen LogP contribution in [0.15, 0.2) is 30.3 Å². The Kier molecular flexibility index (Phi) is 4.13. The molecule has 130 valence electrons. The number of aryl methyl sites for hydroxylation is 2. The molecule has 0 bridgehead atoms. The summed E-state index contributed by atoms with van der Waals surface area (Å²) in [6, 6.07) is 10.8. The summed E-state index contributed by atoms with van der Waals surface area (Å²) in [5.41, 5.74) is 9.01. The number of rotatable bonds is 4. The third-order valence-electron chi connectivity index (χ3n) is 4.85. The largest absolute Gasteiger partial charge is 0.354 e. The summed E-state index contributed by atoms with van der Waals surface area (Å²) >= 11 is 0. The molecule has 3 aromatic rings. The van der Waals surface area contributed by atoms with Crippen LogP contribution in [0.2, 0.25) is 0 Å². The molecule has 0 amide bonds. The molecule has 1 aliphatic heterocycles. The summed E-state index contributed by atoms with van der Waals surface area (Å²) in [6.07, 6.45) is 1.78. The topological polar surface area (TPSA) is 72.9 Å². The smallest absolute Gasteiger partial charge is 0.140 e. The van der Waals surface area contributed by atoms with Gasteiger partial charge in [-0.3, -0.25) is 4.68 Å². The van der Waals surface area contributed by atoms with Crippen molar-refractivity contribution >= 4 is 16.7 Å². The Hall–Kier alpha value is -2.47. The Bertz CT molecular complexity index is 900. The van der Waals surface area contributed by atoms with E-state index in [-0.39, 0.29) is 0 Å². The normalized spacial score (nSPS) is 17.6. The van der Waals surface area contributed by atoms with Crippen LogP contribution in [0.4, 0.5) is 5.82 Å². The molecule has 0 radical (unpaired) electrons. The molecule has 4 rings (SSSR count). The number of para-hydroxylation sites is 1. The van der Waals surface area contributed by atoms with Crippen LogP contribution in [0.3, 0.4) is 0 Å². The first kappa shape index (κ1) is 16.0. The molecule has 1 atom stereocenters. The molecule has 6 heteroatoms. The van der Waals surface area contributed by atoms with Gasteiger partial charge < -0.3 is 10.6 Å². The van der Waals surface area contributed by atoms with E-state index in [4.69, 9.17) is 10.7 Å². The van der Waals surface area contributed by atoms with Gasteiger partial charge in [-0.1, -0.05) is 12.1 Å². The molecule has 0 saturated carbocycles. The highest BCUT2D eigenvalue weighted by Crippen LogP contribution is 2.31. The summed E-state index contributed by atoms with van der Waals surface area (Å²) in [5.74, 6) is 1.85. The van der Waals surface area contributed by atoms with Crippen LogP contribution in [0.25, 0.3) is 10.9 Å². The molecule has 1 aliphatic rings. The van der Waals surface area contributed by atoms with Gasteiger partial charge in [0.2, 0.25) is 0 Å². The van der Waals surface area contributed by atoms with Gasteiger partial charge in [-0.05, 0) is 45.0 Å². The highest BCUT2D eigenvalue weighted by Gasteiger charge is 2.28. The highest BCUT2D eigenvalue weighted by molar-refractivity contribution is 5.89. The Morgan fingerprint density at radius 3 is 2.80 bits per heavy atom. The van der Waals surface area contributed by atoms with Crippen LogP contribution in [0.1, 0.15) is 29.7 Å². The van der Waals surface area contributed by atoms with E-state index in [9.17, 15) is 0 Å². The average Bonchev–Trinajstić information content (AvgIpc) is 3.20. The lowest BCUT2D eigenvalue weighted by atomic mass is 10.2. The molecule has 1 fully saturated rings. The standard InChI is InChI=1S/C19H24N6/c1-13-11-14(2)25(23-13)15-8-10-24(12-15)19-16-5-3-4-6-17(16)21-18(22-19)7-9-20/h3-6,11,15H,7-10,12,20H2,1-2H3. The highest BCUT2D eigenvalue weighted by atomic mass is 15.3. The molecular formula is C19H24N6. The Balaban J connectivity index is 1.69. The third-order valence-corrected chi connectivity index (χ3v) is 4.85. The Labute approximate surface area is 147 Å². The molecule has 2 aromatic heterocycles. The van der Waals surface area contributed by atoms with Crippen molar-refractivity contribution in [3.63, 3.8) is 0 Å². The van der Waals surface area contributed by atoms with Crippen molar-refractivity contribution in [3.8, 4) is 0 Å². The minimum atomic E-state index is 0.389. The summed E-state index contributed by atoms with van der Waals surface area (Å²) in [5, 5.41) is 5.78. The molecule has 25 heavy (non-hydrogen) atoms. The predicted octanol–water partition coefficient (Wildman–Crippen LogP) is 2.40. The molecular weight excluding hydrogens is 312 g/mol. The van der Waals surface area contributed by atoms with Crippen LogP contribution >= 0.6 is 0 Å². The first-order chi connectivity index (χ1) is 12.2. The van der Waals surface area contributed by atoms with E-state index in [0.29, 0.717) is 19.0 Å². The fraction of sp³-hybridized carbons (Fsp3) is 0.421. The number of hydrogen-bond acceptors (Lipinski definition) is 5. The maximum absolute atomic E-state index is 5.72. The lowest BCUT2D eigenvalue weighted by Gasteiger charge is -2.20. The van der Waals surface area contributed by atoms with E-state index in [2.05, 4.69) is 44.8 Å². The van der Waals surface area contributed by atoms with Gasteiger partial charge in [-0.25, -0.2) is 9.97 Å². The number of nitrogens with two attached hydrogens (primary N) is 1.